The van der Waals surface area contributed by atoms with Crippen molar-refractivity contribution in [2.75, 3.05) is 33.9 Å². The first-order valence-electron chi connectivity index (χ1n) is 8.98. The third-order valence-electron chi connectivity index (χ3n) is 4.38. The molecule has 6 nitrogen and oxygen atoms in total. The molecular weight excluding hydrogens is 334 g/mol. The SMILES string of the molecule is COc1ccc(OC)c(/C=C/C(=O)OCC(=O)N2CCCCCCC2)c1. The lowest BCUT2D eigenvalue weighted by atomic mass is 10.1. The maximum Gasteiger partial charge on any atom is 0.331 e. The molecule has 1 saturated heterocycles. The van der Waals surface area contributed by atoms with Crippen molar-refractivity contribution in [2.24, 2.45) is 0 Å². The number of carbonyl (C=O) groups excluding carboxylic acids is 2. The summed E-state index contributed by atoms with van der Waals surface area (Å²) in [6.45, 7) is 1.26. The first-order valence-corrected chi connectivity index (χ1v) is 8.98. The van der Waals surface area contributed by atoms with E-state index in [1.807, 2.05) is 0 Å². The molecule has 1 aromatic rings. The average Bonchev–Trinajstić information content (AvgIpc) is 2.63. The Kier molecular flexibility index (Phi) is 7.99. The van der Waals surface area contributed by atoms with Crippen LogP contribution in [0.3, 0.4) is 0 Å². The fourth-order valence-corrected chi connectivity index (χ4v) is 2.90. The maximum absolute atomic E-state index is 12.2. The molecule has 1 heterocycles. The van der Waals surface area contributed by atoms with Gasteiger partial charge in [0, 0.05) is 24.7 Å². The van der Waals surface area contributed by atoms with Gasteiger partial charge in [0.2, 0.25) is 0 Å². The van der Waals surface area contributed by atoms with Crippen molar-refractivity contribution in [3.05, 3.63) is 29.8 Å². The second kappa shape index (κ2) is 10.5. The summed E-state index contributed by atoms with van der Waals surface area (Å²) in [4.78, 5) is 25.9. The number of likely N-dealkylation sites (tertiary alicyclic amines) is 1. The number of nitrogens with zero attached hydrogens (tertiary/aromatic N) is 1. The number of ether oxygens (including phenoxy) is 3. The van der Waals surface area contributed by atoms with Crippen molar-refractivity contribution in [2.45, 2.75) is 32.1 Å². The lowest BCUT2D eigenvalue weighted by molar-refractivity contribution is -0.148. The summed E-state index contributed by atoms with van der Waals surface area (Å²) in [5, 5.41) is 0. The predicted octanol–water partition coefficient (Wildman–Crippen LogP) is 3.05. The topological polar surface area (TPSA) is 65.1 Å². The zero-order chi connectivity index (χ0) is 18.8. The first-order chi connectivity index (χ1) is 12.6. The van der Waals surface area contributed by atoms with Crippen LogP contribution in [-0.2, 0) is 14.3 Å². The number of hydrogen-bond acceptors (Lipinski definition) is 5. The van der Waals surface area contributed by atoms with Crippen LogP contribution in [0.4, 0.5) is 0 Å². The molecule has 1 aliphatic heterocycles. The van der Waals surface area contributed by atoms with E-state index >= 15 is 0 Å². The number of rotatable bonds is 6. The third kappa shape index (κ3) is 6.10. The number of hydrogen-bond donors (Lipinski definition) is 0. The highest BCUT2D eigenvalue weighted by atomic mass is 16.5. The zero-order valence-corrected chi connectivity index (χ0v) is 15.5. The van der Waals surface area contributed by atoms with Gasteiger partial charge in [-0.3, -0.25) is 4.79 Å². The van der Waals surface area contributed by atoms with Gasteiger partial charge in [-0.2, -0.15) is 0 Å². The molecule has 1 fully saturated rings. The molecule has 0 atom stereocenters. The van der Waals surface area contributed by atoms with Gasteiger partial charge in [-0.1, -0.05) is 19.3 Å². The van der Waals surface area contributed by atoms with E-state index in [1.54, 1.807) is 43.4 Å². The van der Waals surface area contributed by atoms with E-state index in [1.165, 1.54) is 12.5 Å². The molecular formula is C20H27NO5. The van der Waals surface area contributed by atoms with Crippen molar-refractivity contribution in [3.8, 4) is 11.5 Å². The number of amides is 1. The van der Waals surface area contributed by atoms with E-state index < -0.39 is 5.97 Å². The average molecular weight is 361 g/mol. The minimum atomic E-state index is -0.560. The van der Waals surface area contributed by atoms with Crippen molar-refractivity contribution < 1.29 is 23.8 Å². The second-order valence-corrected chi connectivity index (χ2v) is 6.20. The molecule has 26 heavy (non-hydrogen) atoms. The van der Waals surface area contributed by atoms with Gasteiger partial charge in [0.05, 0.1) is 14.2 Å². The molecule has 6 heteroatoms. The van der Waals surface area contributed by atoms with Crippen molar-refractivity contribution in [1.29, 1.82) is 0 Å². The Labute approximate surface area is 154 Å². The smallest absolute Gasteiger partial charge is 0.331 e. The van der Waals surface area contributed by atoms with Gasteiger partial charge in [-0.15, -0.1) is 0 Å². The Morgan fingerprint density at radius 3 is 2.38 bits per heavy atom. The molecule has 142 valence electrons. The summed E-state index contributed by atoms with van der Waals surface area (Å²) >= 11 is 0. The van der Waals surface area contributed by atoms with Crippen molar-refractivity contribution in [3.63, 3.8) is 0 Å². The third-order valence-corrected chi connectivity index (χ3v) is 4.38. The summed E-state index contributed by atoms with van der Waals surface area (Å²) in [5.41, 5.74) is 0.693. The Hall–Kier alpha value is -2.50. The van der Waals surface area contributed by atoms with Gasteiger partial charge in [0.25, 0.3) is 5.91 Å². The molecule has 2 rings (SSSR count). The molecule has 0 saturated carbocycles. The van der Waals surface area contributed by atoms with Crippen molar-refractivity contribution in [1.82, 2.24) is 4.90 Å². The van der Waals surface area contributed by atoms with Crippen LogP contribution in [0.5, 0.6) is 11.5 Å². The Bertz CT molecular complexity index is 633. The van der Waals surface area contributed by atoms with Crippen LogP contribution in [-0.4, -0.2) is 50.7 Å². The molecule has 0 aliphatic carbocycles. The van der Waals surface area contributed by atoms with Gasteiger partial charge in [-0.05, 0) is 37.1 Å². The van der Waals surface area contributed by atoms with E-state index in [4.69, 9.17) is 14.2 Å². The van der Waals surface area contributed by atoms with Crippen LogP contribution in [0.1, 0.15) is 37.7 Å². The lowest BCUT2D eigenvalue weighted by Crippen LogP contribution is -2.36. The predicted molar refractivity (Wildman–Crippen MR) is 99.2 cm³/mol. The zero-order valence-electron chi connectivity index (χ0n) is 15.5. The highest BCUT2D eigenvalue weighted by molar-refractivity contribution is 5.89. The van der Waals surface area contributed by atoms with Crippen LogP contribution in [0.25, 0.3) is 6.08 Å². The molecule has 0 unspecified atom stereocenters. The van der Waals surface area contributed by atoms with E-state index in [0.717, 1.165) is 38.8 Å². The normalized spacial score (nSPS) is 15.2. The van der Waals surface area contributed by atoms with Crippen LogP contribution < -0.4 is 9.47 Å². The number of esters is 1. The number of methoxy groups -OCH3 is 2. The molecule has 0 aromatic heterocycles. The minimum absolute atomic E-state index is 0.132. The molecule has 1 aliphatic rings. The standard InChI is InChI=1S/C20H27NO5/c1-24-17-9-10-18(25-2)16(14-17)8-11-20(23)26-15-19(22)21-12-6-4-3-5-7-13-21/h8-11,14H,3-7,12-13,15H2,1-2H3/b11-8+. The Balaban J connectivity index is 1.87. The second-order valence-electron chi connectivity index (χ2n) is 6.20. The Morgan fingerprint density at radius 1 is 1.04 bits per heavy atom. The van der Waals surface area contributed by atoms with Crippen molar-refractivity contribution >= 4 is 18.0 Å². The fourth-order valence-electron chi connectivity index (χ4n) is 2.90. The molecule has 0 radical (unpaired) electrons. The summed E-state index contributed by atoms with van der Waals surface area (Å²) < 4.78 is 15.5. The summed E-state index contributed by atoms with van der Waals surface area (Å²) in [7, 11) is 3.12. The van der Waals surface area contributed by atoms with Crippen LogP contribution in [0.15, 0.2) is 24.3 Å². The number of benzene rings is 1. The van der Waals surface area contributed by atoms with Gasteiger partial charge < -0.3 is 19.1 Å². The quantitative estimate of drug-likeness (QED) is 0.575. The Morgan fingerprint density at radius 2 is 1.73 bits per heavy atom. The largest absolute Gasteiger partial charge is 0.497 e. The molecule has 0 N–H and O–H groups in total. The van der Waals surface area contributed by atoms with Gasteiger partial charge >= 0.3 is 5.97 Å². The van der Waals surface area contributed by atoms with E-state index in [2.05, 4.69) is 0 Å². The molecule has 0 spiro atoms. The van der Waals surface area contributed by atoms with Crippen LogP contribution in [0, 0.1) is 0 Å². The summed E-state index contributed by atoms with van der Waals surface area (Å²) in [6, 6.07) is 5.29. The first kappa shape index (κ1) is 19.8. The maximum atomic E-state index is 12.2. The lowest BCUT2D eigenvalue weighted by Gasteiger charge is -2.24. The molecule has 1 amide bonds. The van der Waals surface area contributed by atoms with E-state index in [-0.39, 0.29) is 12.5 Å². The monoisotopic (exact) mass is 361 g/mol. The molecule has 1 aromatic carbocycles. The van der Waals surface area contributed by atoms with Crippen LogP contribution in [0.2, 0.25) is 0 Å². The molecule has 0 bridgehead atoms. The van der Waals surface area contributed by atoms with E-state index in [9.17, 15) is 9.59 Å². The van der Waals surface area contributed by atoms with Gasteiger partial charge in [0.15, 0.2) is 6.61 Å². The highest BCUT2D eigenvalue weighted by Gasteiger charge is 2.16. The fraction of sp³-hybridized carbons (Fsp3) is 0.500. The minimum Gasteiger partial charge on any atom is -0.497 e. The van der Waals surface area contributed by atoms with Crippen LogP contribution >= 0.6 is 0 Å². The van der Waals surface area contributed by atoms with Gasteiger partial charge in [0.1, 0.15) is 11.5 Å². The highest BCUT2D eigenvalue weighted by Crippen LogP contribution is 2.25. The number of carbonyl (C=O) groups is 2. The summed E-state index contributed by atoms with van der Waals surface area (Å²) in [5.74, 6) is 0.584. The van der Waals surface area contributed by atoms with Gasteiger partial charge in [-0.25, -0.2) is 4.79 Å². The van der Waals surface area contributed by atoms with E-state index in [0.29, 0.717) is 17.1 Å². The summed E-state index contributed by atoms with van der Waals surface area (Å²) in [6.07, 6.45) is 8.42.